The largest absolute Gasteiger partial charge is 0.371 e. The summed E-state index contributed by atoms with van der Waals surface area (Å²) in [6, 6.07) is 11.0. The van der Waals surface area contributed by atoms with Gasteiger partial charge in [0.1, 0.15) is 0 Å². The van der Waals surface area contributed by atoms with E-state index in [-0.39, 0.29) is 17.6 Å². The highest BCUT2D eigenvalue weighted by Crippen LogP contribution is 2.28. The SMILES string of the molecule is CC(=O)c1ccc(C#N)cc1N1CCC(C(=O)NCc2cccnc2)CC1. The molecule has 1 N–H and O–H groups in total. The number of carbonyl (C=O) groups is 2. The Balaban J connectivity index is 1.61. The van der Waals surface area contributed by atoms with Gasteiger partial charge in [-0.3, -0.25) is 14.6 Å². The Kier molecular flexibility index (Phi) is 5.82. The second kappa shape index (κ2) is 8.45. The molecular formula is C21H22N4O2. The lowest BCUT2D eigenvalue weighted by Crippen LogP contribution is -2.40. The molecule has 6 heteroatoms. The van der Waals surface area contributed by atoms with Gasteiger partial charge in [-0.2, -0.15) is 5.26 Å². The van der Waals surface area contributed by atoms with E-state index in [4.69, 9.17) is 5.26 Å². The first-order chi connectivity index (χ1) is 13.1. The summed E-state index contributed by atoms with van der Waals surface area (Å²) in [5.74, 6) is -0.0141. The Labute approximate surface area is 158 Å². The first kappa shape index (κ1) is 18.6. The summed E-state index contributed by atoms with van der Waals surface area (Å²) in [5.41, 5.74) is 2.92. The molecule has 0 bridgehead atoms. The zero-order valence-electron chi connectivity index (χ0n) is 15.3. The van der Waals surface area contributed by atoms with Crippen molar-refractivity contribution >= 4 is 17.4 Å². The number of carbonyl (C=O) groups excluding carboxylic acids is 2. The molecule has 2 aromatic rings. The summed E-state index contributed by atoms with van der Waals surface area (Å²) in [5, 5.41) is 12.1. The lowest BCUT2D eigenvalue weighted by atomic mass is 9.94. The van der Waals surface area contributed by atoms with Crippen LogP contribution in [0.4, 0.5) is 5.69 Å². The number of nitrogens with one attached hydrogen (secondary N) is 1. The standard InChI is InChI=1S/C21H22N4O2/c1-15(26)19-5-4-16(12-22)11-20(19)25-9-6-18(7-10-25)21(27)24-14-17-3-2-8-23-13-17/h2-5,8,11,13,18H,6-7,9-10,14H2,1H3,(H,24,27). The first-order valence-electron chi connectivity index (χ1n) is 9.05. The third-order valence-corrected chi connectivity index (χ3v) is 4.90. The summed E-state index contributed by atoms with van der Waals surface area (Å²) in [7, 11) is 0. The second-order valence-electron chi connectivity index (χ2n) is 6.74. The normalized spacial score (nSPS) is 14.4. The van der Waals surface area contributed by atoms with Crippen LogP contribution < -0.4 is 10.2 Å². The Hall–Kier alpha value is -3.20. The molecule has 6 nitrogen and oxygen atoms in total. The van der Waals surface area contributed by atoms with E-state index in [1.54, 1.807) is 30.6 Å². The highest BCUT2D eigenvalue weighted by Gasteiger charge is 2.26. The molecule has 3 rings (SSSR count). The Morgan fingerprint density at radius 2 is 2.07 bits per heavy atom. The van der Waals surface area contributed by atoms with Gasteiger partial charge in [0.2, 0.25) is 5.91 Å². The fourth-order valence-corrected chi connectivity index (χ4v) is 3.38. The number of anilines is 1. The number of nitrogens with zero attached hydrogens (tertiary/aromatic N) is 3. The van der Waals surface area contributed by atoms with Crippen molar-refractivity contribution in [2.45, 2.75) is 26.3 Å². The number of pyridine rings is 1. The highest BCUT2D eigenvalue weighted by molar-refractivity contribution is 6.00. The molecule has 0 spiro atoms. The zero-order chi connectivity index (χ0) is 19.2. The third kappa shape index (κ3) is 4.50. The molecule has 138 valence electrons. The van der Waals surface area contributed by atoms with Gasteiger partial charge in [-0.05, 0) is 49.6 Å². The van der Waals surface area contributed by atoms with E-state index < -0.39 is 0 Å². The highest BCUT2D eigenvalue weighted by atomic mass is 16.2. The van der Waals surface area contributed by atoms with Crippen molar-refractivity contribution in [1.29, 1.82) is 5.26 Å². The van der Waals surface area contributed by atoms with Gasteiger partial charge in [0.15, 0.2) is 5.78 Å². The Morgan fingerprint density at radius 3 is 2.70 bits per heavy atom. The van der Waals surface area contributed by atoms with Crippen LogP contribution in [0.15, 0.2) is 42.7 Å². The molecule has 0 radical (unpaired) electrons. The number of rotatable bonds is 5. The third-order valence-electron chi connectivity index (χ3n) is 4.90. The van der Waals surface area contributed by atoms with Gasteiger partial charge in [0, 0.05) is 49.2 Å². The predicted molar refractivity (Wildman–Crippen MR) is 102 cm³/mol. The number of ketones is 1. The molecule has 1 saturated heterocycles. The van der Waals surface area contributed by atoms with E-state index >= 15 is 0 Å². The van der Waals surface area contributed by atoms with E-state index in [1.807, 2.05) is 12.1 Å². The molecule has 2 heterocycles. The lowest BCUT2D eigenvalue weighted by molar-refractivity contribution is -0.125. The number of amides is 1. The van der Waals surface area contributed by atoms with Gasteiger partial charge >= 0.3 is 0 Å². The van der Waals surface area contributed by atoms with Crippen molar-refractivity contribution < 1.29 is 9.59 Å². The van der Waals surface area contributed by atoms with Gasteiger partial charge in [-0.25, -0.2) is 0 Å². The molecule has 1 amide bonds. The van der Waals surface area contributed by atoms with Crippen molar-refractivity contribution in [2.75, 3.05) is 18.0 Å². The fraction of sp³-hybridized carbons (Fsp3) is 0.333. The van der Waals surface area contributed by atoms with E-state index in [0.717, 1.165) is 11.3 Å². The predicted octanol–water partition coefficient (Wildman–Crippen LogP) is 2.69. The summed E-state index contributed by atoms with van der Waals surface area (Å²) in [6.45, 7) is 3.37. The Morgan fingerprint density at radius 1 is 1.30 bits per heavy atom. The molecule has 0 unspecified atom stereocenters. The topological polar surface area (TPSA) is 86.1 Å². The summed E-state index contributed by atoms with van der Waals surface area (Å²) < 4.78 is 0. The molecule has 1 aliphatic heterocycles. The zero-order valence-corrected chi connectivity index (χ0v) is 15.3. The van der Waals surface area contributed by atoms with Crippen LogP contribution in [0.2, 0.25) is 0 Å². The van der Waals surface area contributed by atoms with Crippen molar-refractivity contribution in [1.82, 2.24) is 10.3 Å². The second-order valence-corrected chi connectivity index (χ2v) is 6.74. The fourth-order valence-electron chi connectivity index (χ4n) is 3.38. The minimum atomic E-state index is -0.0437. The molecule has 1 aromatic heterocycles. The van der Waals surface area contributed by atoms with Crippen molar-refractivity contribution in [2.24, 2.45) is 5.92 Å². The number of benzene rings is 1. The van der Waals surface area contributed by atoms with Crippen LogP contribution in [0.1, 0.15) is 41.3 Å². The van der Waals surface area contributed by atoms with Gasteiger partial charge in [0.25, 0.3) is 0 Å². The molecule has 1 fully saturated rings. The van der Waals surface area contributed by atoms with Crippen molar-refractivity contribution in [3.63, 3.8) is 0 Å². The van der Waals surface area contributed by atoms with Crippen LogP contribution in [0.25, 0.3) is 0 Å². The van der Waals surface area contributed by atoms with Crippen LogP contribution >= 0.6 is 0 Å². The van der Waals surface area contributed by atoms with Crippen molar-refractivity contribution in [3.05, 3.63) is 59.4 Å². The van der Waals surface area contributed by atoms with Crippen LogP contribution in [0.3, 0.4) is 0 Å². The van der Waals surface area contributed by atoms with Crippen LogP contribution in [0, 0.1) is 17.2 Å². The molecule has 0 atom stereocenters. The average Bonchev–Trinajstić information content (AvgIpc) is 2.72. The smallest absolute Gasteiger partial charge is 0.223 e. The summed E-state index contributed by atoms with van der Waals surface area (Å²) in [4.78, 5) is 30.5. The van der Waals surface area contributed by atoms with Gasteiger partial charge in [-0.1, -0.05) is 6.07 Å². The number of Topliss-reactive ketones (excluding diaryl/α,β-unsaturated/α-hetero) is 1. The molecule has 1 aromatic carbocycles. The van der Waals surface area contributed by atoms with E-state index in [2.05, 4.69) is 21.3 Å². The number of nitriles is 1. The maximum atomic E-state index is 12.4. The average molecular weight is 362 g/mol. The molecule has 0 saturated carbocycles. The van der Waals surface area contributed by atoms with E-state index in [1.165, 1.54) is 6.92 Å². The Bertz CT molecular complexity index is 865. The minimum absolute atomic E-state index is 0.0224. The van der Waals surface area contributed by atoms with Gasteiger partial charge < -0.3 is 10.2 Å². The van der Waals surface area contributed by atoms with Gasteiger partial charge in [0.05, 0.1) is 11.6 Å². The molecule has 1 aliphatic rings. The first-order valence-corrected chi connectivity index (χ1v) is 9.05. The number of piperidine rings is 1. The van der Waals surface area contributed by atoms with E-state index in [0.29, 0.717) is 43.6 Å². The minimum Gasteiger partial charge on any atom is -0.371 e. The van der Waals surface area contributed by atoms with Crippen LogP contribution in [0.5, 0.6) is 0 Å². The van der Waals surface area contributed by atoms with Gasteiger partial charge in [-0.15, -0.1) is 0 Å². The van der Waals surface area contributed by atoms with Crippen molar-refractivity contribution in [3.8, 4) is 6.07 Å². The molecular weight excluding hydrogens is 340 g/mol. The quantitative estimate of drug-likeness (QED) is 0.827. The van der Waals surface area contributed by atoms with E-state index in [9.17, 15) is 9.59 Å². The number of hydrogen-bond acceptors (Lipinski definition) is 5. The number of hydrogen-bond donors (Lipinski definition) is 1. The monoisotopic (exact) mass is 362 g/mol. The maximum absolute atomic E-state index is 12.4. The molecule has 0 aliphatic carbocycles. The summed E-state index contributed by atoms with van der Waals surface area (Å²) >= 11 is 0. The lowest BCUT2D eigenvalue weighted by Gasteiger charge is -2.34. The molecule has 27 heavy (non-hydrogen) atoms. The van der Waals surface area contributed by atoms with Crippen LogP contribution in [-0.4, -0.2) is 29.8 Å². The maximum Gasteiger partial charge on any atom is 0.223 e. The number of aromatic nitrogens is 1. The summed E-state index contributed by atoms with van der Waals surface area (Å²) in [6.07, 6.45) is 4.88. The van der Waals surface area contributed by atoms with Crippen LogP contribution in [-0.2, 0) is 11.3 Å².